The predicted octanol–water partition coefficient (Wildman–Crippen LogP) is 5.67. The lowest BCUT2D eigenvalue weighted by Crippen LogP contribution is -2.15. The number of Topliss-reactive ketones (excluding diaryl/α,β-unsaturated/α-hetero) is 1. The molecule has 2 aromatic rings. The summed E-state index contributed by atoms with van der Waals surface area (Å²) in [6.45, 7) is 0. The Kier molecular flexibility index (Phi) is 3.23. The molecule has 4 rings (SSSR count). The molecule has 2 saturated carbocycles. The van der Waals surface area contributed by atoms with E-state index in [1.165, 1.54) is 30.4 Å². The van der Waals surface area contributed by atoms with Crippen molar-refractivity contribution in [3.63, 3.8) is 0 Å². The van der Waals surface area contributed by atoms with Gasteiger partial charge in [-0.2, -0.15) is 0 Å². The van der Waals surface area contributed by atoms with E-state index in [0.29, 0.717) is 11.7 Å². The summed E-state index contributed by atoms with van der Waals surface area (Å²) in [5.74, 6) is 2.77. The minimum absolute atomic E-state index is 0.354. The Morgan fingerprint density at radius 1 is 1.30 bits per heavy atom. The largest absolute Gasteiger partial charge is 0.294 e. The number of hydrogen-bond donors (Lipinski definition) is 0. The summed E-state index contributed by atoms with van der Waals surface area (Å²) < 4.78 is 2.29. The van der Waals surface area contributed by atoms with Crippen molar-refractivity contribution >= 4 is 43.1 Å². The minimum atomic E-state index is 0.354. The molecule has 0 amide bonds. The topological polar surface area (TPSA) is 17.1 Å². The summed E-state index contributed by atoms with van der Waals surface area (Å²) in [7, 11) is 0. The molecule has 1 nitrogen and oxygen atoms in total. The molecule has 0 saturated heterocycles. The summed E-state index contributed by atoms with van der Waals surface area (Å²) in [6.07, 6.45) is 6.21. The van der Waals surface area contributed by atoms with Crippen LogP contribution in [-0.2, 0) is 0 Å². The number of fused-ring (bicyclic) bond motifs is 3. The van der Waals surface area contributed by atoms with Gasteiger partial charge in [0.25, 0.3) is 0 Å². The van der Waals surface area contributed by atoms with E-state index < -0.39 is 0 Å². The highest BCUT2D eigenvalue weighted by molar-refractivity contribution is 9.10. The molecule has 1 heterocycles. The minimum Gasteiger partial charge on any atom is -0.294 e. The summed E-state index contributed by atoms with van der Waals surface area (Å²) in [6, 6.07) is 6.14. The average molecular weight is 349 g/mol. The first-order chi connectivity index (χ1) is 9.72. The van der Waals surface area contributed by atoms with Gasteiger partial charge in [-0.1, -0.05) is 18.6 Å². The van der Waals surface area contributed by atoms with Crippen molar-refractivity contribution in [3.8, 4) is 0 Å². The van der Waals surface area contributed by atoms with E-state index in [1.807, 2.05) is 17.5 Å². The van der Waals surface area contributed by atoms with Crippen LogP contribution in [0.15, 0.2) is 28.1 Å². The van der Waals surface area contributed by atoms with Crippen molar-refractivity contribution in [2.75, 3.05) is 0 Å². The summed E-state index contributed by atoms with van der Waals surface area (Å²) in [5, 5.41) is 3.17. The zero-order chi connectivity index (χ0) is 13.7. The number of rotatable bonds is 3. The summed E-state index contributed by atoms with van der Waals surface area (Å²) in [5.41, 5.74) is 0.939. The molecule has 3 unspecified atom stereocenters. The number of carbonyl (C=O) groups excluding carboxylic acids is 1. The zero-order valence-electron chi connectivity index (χ0n) is 11.3. The van der Waals surface area contributed by atoms with Crippen molar-refractivity contribution in [2.45, 2.75) is 32.1 Å². The Hall–Kier alpha value is -0.670. The van der Waals surface area contributed by atoms with Gasteiger partial charge in [-0.3, -0.25) is 4.79 Å². The van der Waals surface area contributed by atoms with E-state index in [1.54, 1.807) is 11.3 Å². The maximum atomic E-state index is 12.7. The first-order valence-corrected chi connectivity index (χ1v) is 9.08. The number of carbonyl (C=O) groups is 1. The molecule has 2 fully saturated rings. The van der Waals surface area contributed by atoms with Crippen LogP contribution in [0, 0.1) is 17.8 Å². The molecule has 104 valence electrons. The summed E-state index contributed by atoms with van der Waals surface area (Å²) in [4.78, 5) is 12.7. The van der Waals surface area contributed by atoms with Crippen LogP contribution in [0.25, 0.3) is 10.1 Å². The number of benzene rings is 1. The maximum Gasteiger partial charge on any atom is 0.164 e. The number of ketones is 1. The molecular weight excluding hydrogens is 332 g/mol. The Balaban J connectivity index is 1.60. The maximum absolute atomic E-state index is 12.7. The molecule has 2 aliphatic carbocycles. The molecule has 0 N–H and O–H groups in total. The van der Waals surface area contributed by atoms with Crippen LogP contribution >= 0.6 is 27.3 Å². The second kappa shape index (κ2) is 4.96. The predicted molar refractivity (Wildman–Crippen MR) is 87.4 cm³/mol. The Morgan fingerprint density at radius 3 is 2.95 bits per heavy atom. The lowest BCUT2D eigenvalue weighted by molar-refractivity contribution is 0.0946. The first-order valence-electron chi connectivity index (χ1n) is 7.41. The lowest BCUT2D eigenvalue weighted by Gasteiger charge is -2.20. The van der Waals surface area contributed by atoms with Gasteiger partial charge >= 0.3 is 0 Å². The van der Waals surface area contributed by atoms with Crippen molar-refractivity contribution in [2.24, 2.45) is 17.8 Å². The molecule has 2 aliphatic rings. The second-order valence-corrected chi connectivity index (χ2v) is 8.06. The van der Waals surface area contributed by atoms with Crippen LogP contribution in [0.2, 0.25) is 0 Å². The van der Waals surface area contributed by atoms with E-state index in [2.05, 4.69) is 22.0 Å². The molecule has 2 bridgehead atoms. The lowest BCUT2D eigenvalue weighted by atomic mass is 9.84. The number of hydrogen-bond acceptors (Lipinski definition) is 2. The zero-order valence-corrected chi connectivity index (χ0v) is 13.7. The van der Waals surface area contributed by atoms with Crippen molar-refractivity contribution in [1.29, 1.82) is 0 Å². The molecule has 3 heteroatoms. The third-order valence-electron chi connectivity index (χ3n) is 5.18. The first kappa shape index (κ1) is 13.0. The smallest absolute Gasteiger partial charge is 0.164 e. The fourth-order valence-corrected chi connectivity index (χ4v) is 5.84. The van der Waals surface area contributed by atoms with Gasteiger partial charge in [0, 0.05) is 31.9 Å². The third-order valence-corrected chi connectivity index (χ3v) is 7.14. The molecule has 0 aliphatic heterocycles. The Morgan fingerprint density at radius 2 is 2.20 bits per heavy atom. The fraction of sp³-hybridized carbons (Fsp3) is 0.471. The highest BCUT2D eigenvalue weighted by Gasteiger charge is 2.40. The van der Waals surface area contributed by atoms with E-state index >= 15 is 0 Å². The van der Waals surface area contributed by atoms with Gasteiger partial charge in [-0.15, -0.1) is 11.3 Å². The monoisotopic (exact) mass is 348 g/mol. The van der Waals surface area contributed by atoms with Gasteiger partial charge in [0.15, 0.2) is 5.78 Å². The molecule has 1 aromatic carbocycles. The quantitative estimate of drug-likeness (QED) is 0.652. The number of halogens is 1. The van der Waals surface area contributed by atoms with Crippen molar-refractivity contribution in [1.82, 2.24) is 0 Å². The highest BCUT2D eigenvalue weighted by atomic mass is 79.9. The van der Waals surface area contributed by atoms with Gasteiger partial charge in [0.2, 0.25) is 0 Å². The molecule has 3 atom stereocenters. The molecule has 0 radical (unpaired) electrons. The van der Waals surface area contributed by atoms with Crippen molar-refractivity contribution < 1.29 is 4.79 Å². The fourth-order valence-electron chi connectivity index (χ4n) is 4.21. The van der Waals surface area contributed by atoms with Crippen LogP contribution in [0.3, 0.4) is 0 Å². The van der Waals surface area contributed by atoms with Crippen molar-refractivity contribution in [3.05, 3.63) is 33.6 Å². The van der Waals surface area contributed by atoms with Gasteiger partial charge < -0.3 is 0 Å². The standard InChI is InChI=1S/C17H17BrOS/c18-15-3-1-2-13-14(9-20-17(13)15)16(19)8-12-7-10-4-5-11(12)6-10/h1-3,9-12H,4-8H2. The third kappa shape index (κ3) is 2.06. The molecule has 0 spiro atoms. The van der Waals surface area contributed by atoms with E-state index in [4.69, 9.17) is 0 Å². The van der Waals surface area contributed by atoms with Crippen LogP contribution in [0.5, 0.6) is 0 Å². The highest BCUT2D eigenvalue weighted by Crippen LogP contribution is 2.50. The van der Waals surface area contributed by atoms with Crippen LogP contribution in [-0.4, -0.2) is 5.78 Å². The average Bonchev–Trinajstić information content (AvgIpc) is 3.12. The van der Waals surface area contributed by atoms with E-state index in [9.17, 15) is 4.79 Å². The molecule has 20 heavy (non-hydrogen) atoms. The van der Waals surface area contributed by atoms with Crippen LogP contribution < -0.4 is 0 Å². The van der Waals surface area contributed by atoms with Crippen LogP contribution in [0.1, 0.15) is 42.5 Å². The SMILES string of the molecule is O=C(CC1CC2CCC1C2)c1csc2c(Br)cccc12. The number of thiophene rings is 1. The van der Waals surface area contributed by atoms with Gasteiger partial charge in [0.05, 0.1) is 0 Å². The molecular formula is C17H17BrOS. The molecule has 1 aromatic heterocycles. The van der Waals surface area contributed by atoms with E-state index in [0.717, 1.165) is 33.7 Å². The van der Waals surface area contributed by atoms with E-state index in [-0.39, 0.29) is 0 Å². The normalized spacial score (nSPS) is 28.4. The van der Waals surface area contributed by atoms with Gasteiger partial charge in [-0.25, -0.2) is 0 Å². The van der Waals surface area contributed by atoms with Crippen LogP contribution in [0.4, 0.5) is 0 Å². The van der Waals surface area contributed by atoms with Gasteiger partial charge in [-0.05, 0) is 59.0 Å². The Bertz CT molecular complexity index is 675. The van der Waals surface area contributed by atoms with Gasteiger partial charge in [0.1, 0.15) is 0 Å². The Labute approximate surface area is 131 Å². The summed E-state index contributed by atoms with van der Waals surface area (Å²) >= 11 is 5.25. The second-order valence-electron chi connectivity index (χ2n) is 6.33.